The number of ether oxygens (including phenoxy) is 2. The van der Waals surface area contributed by atoms with Crippen LogP contribution in [0, 0.1) is 6.92 Å². The predicted octanol–water partition coefficient (Wildman–Crippen LogP) is 5.45. The minimum absolute atomic E-state index is 0.0792. The first-order valence-corrected chi connectivity index (χ1v) is 11.7. The van der Waals surface area contributed by atoms with Crippen LogP contribution in [0.3, 0.4) is 0 Å². The quantitative estimate of drug-likeness (QED) is 0.267. The lowest BCUT2D eigenvalue weighted by Crippen LogP contribution is -2.26. The second-order valence-corrected chi connectivity index (χ2v) is 9.63. The van der Waals surface area contributed by atoms with E-state index in [4.69, 9.17) is 25.5 Å². The van der Waals surface area contributed by atoms with Crippen LogP contribution in [0.2, 0.25) is 5.02 Å². The molecule has 33 heavy (non-hydrogen) atoms. The van der Waals surface area contributed by atoms with Crippen molar-refractivity contribution in [3.05, 3.63) is 83.1 Å². The fraction of sp³-hybridized carbons (Fsp3) is 0.125. The number of hydrogen-bond acceptors (Lipinski definition) is 6. The molecule has 0 unspecified atom stereocenters. The Balaban J connectivity index is 1.52. The normalized spacial score (nSPS) is 11.4. The zero-order valence-corrected chi connectivity index (χ0v) is 19.6. The Kier molecular flexibility index (Phi) is 6.05. The van der Waals surface area contributed by atoms with Crippen LogP contribution in [0.1, 0.15) is 16.1 Å². The monoisotopic (exact) mass is 485 g/mol. The minimum atomic E-state index is -3.78. The lowest BCUT2D eigenvalue weighted by Gasteiger charge is -2.20. The van der Waals surface area contributed by atoms with Gasteiger partial charge < -0.3 is 13.9 Å². The average Bonchev–Trinajstić information content (AvgIpc) is 3.15. The number of aryl methyl sites for hydroxylation is 1. The van der Waals surface area contributed by atoms with E-state index in [1.54, 1.807) is 49.4 Å². The highest BCUT2D eigenvalue weighted by molar-refractivity contribution is 7.92. The van der Waals surface area contributed by atoms with Crippen LogP contribution in [-0.4, -0.2) is 28.5 Å². The molecule has 1 heterocycles. The Labute approximate surface area is 196 Å². The molecule has 0 bridgehead atoms. The lowest BCUT2D eigenvalue weighted by atomic mass is 10.1. The van der Waals surface area contributed by atoms with Gasteiger partial charge in [-0.15, -0.1) is 0 Å². The fourth-order valence-corrected chi connectivity index (χ4v) is 4.68. The number of carbonyl (C=O) groups is 1. The Bertz CT molecular complexity index is 1430. The molecule has 0 aliphatic rings. The molecule has 3 aromatic carbocycles. The molecule has 9 heteroatoms. The van der Waals surface area contributed by atoms with Crippen molar-refractivity contribution in [3.8, 4) is 11.5 Å². The molecule has 4 rings (SSSR count). The summed E-state index contributed by atoms with van der Waals surface area (Å²) < 4.78 is 43.1. The summed E-state index contributed by atoms with van der Waals surface area (Å²) >= 11 is 6.02. The smallest absolute Gasteiger partial charge is 0.379 e. The highest BCUT2D eigenvalue weighted by Gasteiger charge is 2.23. The van der Waals surface area contributed by atoms with Gasteiger partial charge in [0.1, 0.15) is 17.1 Å². The van der Waals surface area contributed by atoms with Crippen LogP contribution in [0.25, 0.3) is 11.0 Å². The first-order chi connectivity index (χ1) is 15.7. The van der Waals surface area contributed by atoms with E-state index in [0.29, 0.717) is 27.6 Å². The number of anilines is 1. The summed E-state index contributed by atoms with van der Waals surface area (Å²) in [7, 11) is -0.819. The van der Waals surface area contributed by atoms with Crippen molar-refractivity contribution >= 4 is 44.3 Å². The molecule has 0 amide bonds. The Morgan fingerprint density at radius 3 is 2.24 bits per heavy atom. The molecule has 0 N–H and O–H groups in total. The summed E-state index contributed by atoms with van der Waals surface area (Å²) in [6.45, 7) is 1.75. The standard InChI is InChI=1S/C24H20ClNO6S/c1-15-21-14-16(25)4-13-22(21)32-23(15)24(27)31-19-7-5-17(6-8-19)26(2)33(28,29)20-11-9-18(30-3)10-12-20/h4-14H,1-3H3. The number of sulfonamides is 1. The number of methoxy groups -OCH3 is 1. The van der Waals surface area contributed by atoms with Crippen LogP contribution < -0.4 is 13.8 Å². The van der Waals surface area contributed by atoms with Crippen molar-refractivity contribution in [2.24, 2.45) is 0 Å². The molecule has 4 aromatic rings. The molecule has 170 valence electrons. The maximum absolute atomic E-state index is 12.9. The number of rotatable bonds is 6. The minimum Gasteiger partial charge on any atom is -0.497 e. The van der Waals surface area contributed by atoms with Gasteiger partial charge in [0.05, 0.1) is 17.7 Å². The van der Waals surface area contributed by atoms with Gasteiger partial charge in [-0.25, -0.2) is 13.2 Å². The van der Waals surface area contributed by atoms with Crippen molar-refractivity contribution in [2.75, 3.05) is 18.5 Å². The number of furan rings is 1. The number of carbonyl (C=O) groups excluding carboxylic acids is 1. The molecule has 0 saturated heterocycles. The zero-order valence-electron chi connectivity index (χ0n) is 18.0. The highest BCUT2D eigenvalue weighted by atomic mass is 35.5. The topological polar surface area (TPSA) is 86.0 Å². The van der Waals surface area contributed by atoms with Crippen LogP contribution in [0.15, 0.2) is 76.0 Å². The molecular weight excluding hydrogens is 466 g/mol. The number of benzene rings is 3. The van der Waals surface area contributed by atoms with E-state index in [1.807, 2.05) is 0 Å². The van der Waals surface area contributed by atoms with Gasteiger partial charge >= 0.3 is 5.97 Å². The molecule has 0 aliphatic carbocycles. The van der Waals surface area contributed by atoms with E-state index in [1.165, 1.54) is 38.4 Å². The molecule has 0 spiro atoms. The van der Waals surface area contributed by atoms with Crippen molar-refractivity contribution in [2.45, 2.75) is 11.8 Å². The van der Waals surface area contributed by atoms with Gasteiger partial charge in [-0.2, -0.15) is 0 Å². The van der Waals surface area contributed by atoms with Gasteiger partial charge in [-0.05, 0) is 73.7 Å². The summed E-state index contributed by atoms with van der Waals surface area (Å²) in [5.41, 5.74) is 1.56. The highest BCUT2D eigenvalue weighted by Crippen LogP contribution is 2.30. The van der Waals surface area contributed by atoms with E-state index >= 15 is 0 Å². The molecule has 7 nitrogen and oxygen atoms in total. The third-order valence-corrected chi connectivity index (χ3v) is 7.25. The van der Waals surface area contributed by atoms with Gasteiger partial charge in [0.2, 0.25) is 5.76 Å². The van der Waals surface area contributed by atoms with Crippen LogP contribution in [0.5, 0.6) is 11.5 Å². The number of nitrogens with zero attached hydrogens (tertiary/aromatic N) is 1. The van der Waals surface area contributed by atoms with Crippen LogP contribution in [0.4, 0.5) is 5.69 Å². The predicted molar refractivity (Wildman–Crippen MR) is 126 cm³/mol. The Hall–Kier alpha value is -3.49. The molecular formula is C24H20ClNO6S. The third-order valence-electron chi connectivity index (χ3n) is 5.21. The van der Waals surface area contributed by atoms with Crippen molar-refractivity contribution in [1.29, 1.82) is 0 Å². The van der Waals surface area contributed by atoms with Crippen LogP contribution in [-0.2, 0) is 10.0 Å². The maximum atomic E-state index is 12.9. The summed E-state index contributed by atoms with van der Waals surface area (Å²) in [6.07, 6.45) is 0. The summed E-state index contributed by atoms with van der Waals surface area (Å²) in [4.78, 5) is 12.8. The summed E-state index contributed by atoms with van der Waals surface area (Å²) in [6, 6.07) is 17.3. The van der Waals surface area contributed by atoms with Gasteiger partial charge in [-0.3, -0.25) is 4.31 Å². The molecule has 1 aromatic heterocycles. The van der Waals surface area contributed by atoms with E-state index in [2.05, 4.69) is 0 Å². The van der Waals surface area contributed by atoms with Crippen molar-refractivity contribution < 1.29 is 27.1 Å². The Morgan fingerprint density at radius 2 is 1.61 bits per heavy atom. The largest absolute Gasteiger partial charge is 0.497 e. The van der Waals surface area contributed by atoms with Gasteiger partial charge in [0, 0.05) is 23.0 Å². The van der Waals surface area contributed by atoms with Crippen molar-refractivity contribution in [3.63, 3.8) is 0 Å². The zero-order chi connectivity index (χ0) is 23.8. The third kappa shape index (κ3) is 4.40. The van der Waals surface area contributed by atoms with E-state index in [9.17, 15) is 13.2 Å². The molecule has 0 fully saturated rings. The first-order valence-electron chi connectivity index (χ1n) is 9.84. The number of halogens is 1. The van der Waals surface area contributed by atoms with E-state index < -0.39 is 16.0 Å². The lowest BCUT2D eigenvalue weighted by molar-refractivity contribution is 0.0703. The number of hydrogen-bond donors (Lipinski definition) is 0. The van der Waals surface area contributed by atoms with Crippen LogP contribution >= 0.6 is 11.6 Å². The van der Waals surface area contributed by atoms with E-state index in [-0.39, 0.29) is 16.4 Å². The number of fused-ring (bicyclic) bond motifs is 1. The second kappa shape index (κ2) is 8.80. The van der Waals surface area contributed by atoms with Gasteiger partial charge in [-0.1, -0.05) is 11.6 Å². The molecule has 0 radical (unpaired) electrons. The average molecular weight is 486 g/mol. The molecule has 0 aliphatic heterocycles. The summed E-state index contributed by atoms with van der Waals surface area (Å²) in [5.74, 6) is 0.227. The fourth-order valence-electron chi connectivity index (χ4n) is 3.31. The maximum Gasteiger partial charge on any atom is 0.379 e. The molecule has 0 saturated carbocycles. The van der Waals surface area contributed by atoms with Gasteiger partial charge in [0.25, 0.3) is 10.0 Å². The van der Waals surface area contributed by atoms with E-state index in [0.717, 1.165) is 9.69 Å². The Morgan fingerprint density at radius 1 is 0.970 bits per heavy atom. The first kappa shape index (κ1) is 22.7. The molecule has 0 atom stereocenters. The van der Waals surface area contributed by atoms with Crippen molar-refractivity contribution in [1.82, 2.24) is 0 Å². The number of esters is 1. The second-order valence-electron chi connectivity index (χ2n) is 7.23. The van der Waals surface area contributed by atoms with Gasteiger partial charge in [0.15, 0.2) is 0 Å². The SMILES string of the molecule is COc1ccc(S(=O)(=O)N(C)c2ccc(OC(=O)c3oc4ccc(Cl)cc4c3C)cc2)cc1. The summed E-state index contributed by atoms with van der Waals surface area (Å²) in [5, 5.41) is 1.27.